The van der Waals surface area contributed by atoms with Crippen molar-refractivity contribution >= 4 is 0 Å². The van der Waals surface area contributed by atoms with E-state index in [0.717, 1.165) is 0 Å². The topological polar surface area (TPSA) is 61.8 Å². The molecule has 0 fully saturated rings. The summed E-state index contributed by atoms with van der Waals surface area (Å²) >= 11 is 0. The Labute approximate surface area is 96.5 Å². The minimum absolute atomic E-state index is 0.229. The number of aliphatic hydroxyl groups is 1. The van der Waals surface area contributed by atoms with E-state index in [1.165, 1.54) is 0 Å². The van der Waals surface area contributed by atoms with E-state index in [9.17, 15) is 5.11 Å². The molecule has 0 aliphatic rings. The highest BCUT2D eigenvalue weighted by atomic mass is 16.3. The molecule has 1 aromatic heterocycles. The van der Waals surface area contributed by atoms with Gasteiger partial charge in [0.15, 0.2) is 0 Å². The maximum Gasteiger partial charge on any atom is 0.114 e. The molecule has 0 aliphatic heterocycles. The number of aliphatic hydroxyl groups excluding tert-OH is 1. The Morgan fingerprint density at radius 3 is 2.69 bits per heavy atom. The van der Waals surface area contributed by atoms with Crippen molar-refractivity contribution in [3.05, 3.63) is 18.2 Å². The van der Waals surface area contributed by atoms with Crippen LogP contribution in [0.3, 0.4) is 0 Å². The van der Waals surface area contributed by atoms with E-state index in [1.807, 2.05) is 25.3 Å². The molecule has 4 heteroatoms. The van der Waals surface area contributed by atoms with E-state index in [4.69, 9.17) is 5.26 Å². The zero-order valence-electron chi connectivity index (χ0n) is 10.3. The molecule has 16 heavy (non-hydrogen) atoms. The molecule has 0 spiro atoms. The van der Waals surface area contributed by atoms with Gasteiger partial charge < -0.3 is 9.67 Å². The van der Waals surface area contributed by atoms with Crippen molar-refractivity contribution in [1.82, 2.24) is 9.55 Å². The molecule has 1 N–H and O–H groups in total. The highest BCUT2D eigenvalue weighted by Crippen LogP contribution is 2.36. The zero-order chi connectivity index (χ0) is 12.3. The minimum atomic E-state index is -0.799. The van der Waals surface area contributed by atoms with Gasteiger partial charge in [0.1, 0.15) is 6.10 Å². The predicted molar refractivity (Wildman–Crippen MR) is 61.6 cm³/mol. The van der Waals surface area contributed by atoms with Crippen LogP contribution >= 0.6 is 0 Å². The molecular formula is C12H19N3O. The fraction of sp³-hybridized carbons (Fsp3) is 0.667. The van der Waals surface area contributed by atoms with E-state index < -0.39 is 11.5 Å². The number of nitriles is 1. The molecule has 0 radical (unpaired) electrons. The van der Waals surface area contributed by atoms with Gasteiger partial charge in [-0.3, -0.25) is 0 Å². The third-order valence-corrected chi connectivity index (χ3v) is 3.13. The maximum atomic E-state index is 10.3. The Hall–Kier alpha value is -1.34. The summed E-state index contributed by atoms with van der Waals surface area (Å²) in [6.45, 7) is 7.72. The van der Waals surface area contributed by atoms with E-state index >= 15 is 0 Å². The molecule has 0 saturated heterocycles. The number of rotatable bonds is 4. The zero-order valence-corrected chi connectivity index (χ0v) is 10.3. The van der Waals surface area contributed by atoms with Gasteiger partial charge in [0.05, 0.1) is 29.7 Å². The highest BCUT2D eigenvalue weighted by Gasteiger charge is 2.34. The van der Waals surface area contributed by atoms with Gasteiger partial charge in [-0.2, -0.15) is 5.26 Å². The lowest BCUT2D eigenvalue weighted by molar-refractivity contribution is 0.0641. The van der Waals surface area contributed by atoms with Gasteiger partial charge in [-0.05, 0) is 27.2 Å². The van der Waals surface area contributed by atoms with Gasteiger partial charge in [0.2, 0.25) is 0 Å². The van der Waals surface area contributed by atoms with Crippen LogP contribution in [-0.4, -0.2) is 14.7 Å². The molecule has 88 valence electrons. The van der Waals surface area contributed by atoms with Crippen molar-refractivity contribution in [2.45, 2.75) is 46.3 Å². The molecule has 1 rings (SSSR count). The first-order valence-electron chi connectivity index (χ1n) is 5.57. The second-order valence-corrected chi connectivity index (χ2v) is 4.60. The number of imidazole rings is 1. The monoisotopic (exact) mass is 221 g/mol. The SMILES string of the molecule is CCC(C)(C#N)C(O)c1cncn1C(C)C. The van der Waals surface area contributed by atoms with Crippen LogP contribution in [0.1, 0.15) is 52.0 Å². The fourth-order valence-electron chi connectivity index (χ4n) is 1.62. The first kappa shape index (κ1) is 12.7. The van der Waals surface area contributed by atoms with Gasteiger partial charge in [0, 0.05) is 6.04 Å². The Morgan fingerprint density at radius 1 is 1.62 bits per heavy atom. The van der Waals surface area contributed by atoms with Crippen LogP contribution in [0.15, 0.2) is 12.5 Å². The Balaban J connectivity index is 3.10. The summed E-state index contributed by atoms with van der Waals surface area (Å²) in [5.41, 5.74) is -0.0481. The minimum Gasteiger partial charge on any atom is -0.385 e. The lowest BCUT2D eigenvalue weighted by atomic mass is 9.81. The molecule has 1 heterocycles. The molecule has 1 aromatic rings. The number of hydrogen-bond donors (Lipinski definition) is 1. The normalized spacial score (nSPS) is 16.8. The van der Waals surface area contributed by atoms with E-state index in [1.54, 1.807) is 19.4 Å². The average Bonchev–Trinajstić information content (AvgIpc) is 2.75. The van der Waals surface area contributed by atoms with Crippen LogP contribution in [0.2, 0.25) is 0 Å². The van der Waals surface area contributed by atoms with Crippen LogP contribution in [0, 0.1) is 16.7 Å². The molecule has 0 amide bonds. The standard InChI is InChI=1S/C12H19N3O/c1-5-12(4,7-13)11(16)10-6-14-8-15(10)9(2)3/h6,8-9,11,16H,5H2,1-4H3. The second kappa shape index (κ2) is 4.67. The molecule has 4 nitrogen and oxygen atoms in total. The maximum absolute atomic E-state index is 10.3. The summed E-state index contributed by atoms with van der Waals surface area (Å²) in [6.07, 6.45) is 3.13. The molecule has 0 aliphatic carbocycles. The van der Waals surface area contributed by atoms with Crippen molar-refractivity contribution in [3.8, 4) is 6.07 Å². The highest BCUT2D eigenvalue weighted by molar-refractivity contribution is 5.13. The predicted octanol–water partition coefficient (Wildman–Crippen LogP) is 2.44. The van der Waals surface area contributed by atoms with Crippen molar-refractivity contribution in [1.29, 1.82) is 5.26 Å². The van der Waals surface area contributed by atoms with E-state index in [2.05, 4.69) is 11.1 Å². The van der Waals surface area contributed by atoms with Gasteiger partial charge in [-0.1, -0.05) is 6.92 Å². The Bertz CT molecular complexity index is 391. The van der Waals surface area contributed by atoms with Crippen molar-refractivity contribution < 1.29 is 5.11 Å². The van der Waals surface area contributed by atoms with E-state index in [-0.39, 0.29) is 6.04 Å². The molecule has 0 saturated carbocycles. The smallest absolute Gasteiger partial charge is 0.114 e. The summed E-state index contributed by atoms with van der Waals surface area (Å²) in [7, 11) is 0. The van der Waals surface area contributed by atoms with Crippen molar-refractivity contribution in [3.63, 3.8) is 0 Å². The number of nitrogens with zero attached hydrogens (tertiary/aromatic N) is 3. The fourth-order valence-corrected chi connectivity index (χ4v) is 1.62. The van der Waals surface area contributed by atoms with Crippen LogP contribution < -0.4 is 0 Å². The van der Waals surface area contributed by atoms with Gasteiger partial charge >= 0.3 is 0 Å². The lowest BCUT2D eigenvalue weighted by Gasteiger charge is -2.27. The molecule has 0 bridgehead atoms. The summed E-state index contributed by atoms with van der Waals surface area (Å²) in [5.74, 6) is 0. The largest absolute Gasteiger partial charge is 0.385 e. The van der Waals surface area contributed by atoms with Crippen LogP contribution in [0.4, 0.5) is 0 Å². The summed E-state index contributed by atoms with van der Waals surface area (Å²) in [4.78, 5) is 4.04. The van der Waals surface area contributed by atoms with Gasteiger partial charge in [-0.25, -0.2) is 4.98 Å². The number of hydrogen-bond acceptors (Lipinski definition) is 3. The van der Waals surface area contributed by atoms with Crippen LogP contribution in [0.25, 0.3) is 0 Å². The lowest BCUT2D eigenvalue weighted by Crippen LogP contribution is -2.25. The quantitative estimate of drug-likeness (QED) is 0.849. The Kier molecular flexibility index (Phi) is 3.71. The van der Waals surface area contributed by atoms with Crippen LogP contribution in [-0.2, 0) is 0 Å². The third-order valence-electron chi connectivity index (χ3n) is 3.13. The van der Waals surface area contributed by atoms with Crippen molar-refractivity contribution in [2.75, 3.05) is 0 Å². The summed E-state index contributed by atoms with van der Waals surface area (Å²) < 4.78 is 1.90. The average molecular weight is 221 g/mol. The molecule has 0 aromatic carbocycles. The Morgan fingerprint density at radius 2 is 2.25 bits per heavy atom. The van der Waals surface area contributed by atoms with Gasteiger partial charge in [-0.15, -0.1) is 0 Å². The molecule has 2 atom stereocenters. The molecular weight excluding hydrogens is 202 g/mol. The summed E-state index contributed by atoms with van der Waals surface area (Å²) in [6, 6.07) is 2.42. The summed E-state index contributed by atoms with van der Waals surface area (Å²) in [5, 5.41) is 19.4. The van der Waals surface area contributed by atoms with Crippen molar-refractivity contribution in [2.24, 2.45) is 5.41 Å². The molecule has 2 unspecified atom stereocenters. The van der Waals surface area contributed by atoms with E-state index in [0.29, 0.717) is 12.1 Å². The first-order chi connectivity index (χ1) is 7.46. The second-order valence-electron chi connectivity index (χ2n) is 4.60. The first-order valence-corrected chi connectivity index (χ1v) is 5.57. The third kappa shape index (κ3) is 2.10. The number of aromatic nitrogens is 2. The van der Waals surface area contributed by atoms with Crippen LogP contribution in [0.5, 0.6) is 0 Å². The van der Waals surface area contributed by atoms with Gasteiger partial charge in [0.25, 0.3) is 0 Å².